The number of H-pyrrole nitrogens is 1. The number of nitrogens with one attached hydrogen (secondary N) is 2. The van der Waals surface area contributed by atoms with Crippen molar-refractivity contribution in [1.29, 1.82) is 0 Å². The number of nitrogens with zero attached hydrogens (tertiary/aromatic N) is 1. The molecule has 0 bridgehead atoms. The van der Waals surface area contributed by atoms with E-state index in [1.807, 2.05) is 0 Å². The molecule has 0 saturated heterocycles. The number of aromatic nitrogens is 2. The Labute approximate surface area is 93.2 Å². The van der Waals surface area contributed by atoms with Crippen molar-refractivity contribution >= 4 is 11.8 Å². The van der Waals surface area contributed by atoms with Gasteiger partial charge in [-0.3, -0.25) is 4.79 Å². The maximum absolute atomic E-state index is 11.0. The van der Waals surface area contributed by atoms with Gasteiger partial charge in [0.1, 0.15) is 0 Å². The first kappa shape index (κ1) is 12.0. The van der Waals surface area contributed by atoms with Crippen LogP contribution < -0.4 is 10.9 Å². The molecule has 0 radical (unpaired) electrons. The molecule has 0 aliphatic heterocycles. The number of hydrogen-bond acceptors (Lipinski definition) is 4. The third kappa shape index (κ3) is 4.80. The number of thioether (sulfide) groups is 1. The first-order chi connectivity index (χ1) is 7.22. The lowest BCUT2D eigenvalue weighted by molar-refractivity contribution is 0.778. The Morgan fingerprint density at radius 2 is 2.53 bits per heavy atom. The van der Waals surface area contributed by atoms with Gasteiger partial charge in [0.2, 0.25) is 0 Å². The summed E-state index contributed by atoms with van der Waals surface area (Å²) in [4.78, 5) is 17.7. The second kappa shape index (κ2) is 6.42. The van der Waals surface area contributed by atoms with E-state index in [9.17, 15) is 4.79 Å². The SMILES string of the molecule is C=C(CNCC)CSc1nccc(=O)[nH]1. The molecule has 0 aliphatic carbocycles. The molecule has 0 spiro atoms. The highest BCUT2D eigenvalue weighted by Gasteiger charge is 1.98. The van der Waals surface area contributed by atoms with E-state index in [-0.39, 0.29) is 5.56 Å². The van der Waals surface area contributed by atoms with Gasteiger partial charge >= 0.3 is 0 Å². The van der Waals surface area contributed by atoms with Gasteiger partial charge < -0.3 is 10.3 Å². The minimum absolute atomic E-state index is 0.121. The van der Waals surface area contributed by atoms with Crippen molar-refractivity contribution in [2.75, 3.05) is 18.8 Å². The Kier molecular flexibility index (Phi) is 5.14. The summed E-state index contributed by atoms with van der Waals surface area (Å²) in [7, 11) is 0. The summed E-state index contributed by atoms with van der Waals surface area (Å²) in [6, 6.07) is 1.40. The van der Waals surface area contributed by atoms with Crippen molar-refractivity contribution in [3.8, 4) is 0 Å². The number of aromatic amines is 1. The summed E-state index contributed by atoms with van der Waals surface area (Å²) < 4.78 is 0. The first-order valence-corrected chi connectivity index (χ1v) is 5.76. The van der Waals surface area contributed by atoms with Crippen molar-refractivity contribution in [2.45, 2.75) is 12.1 Å². The van der Waals surface area contributed by atoms with Crippen LogP contribution in [0.4, 0.5) is 0 Å². The van der Waals surface area contributed by atoms with E-state index in [0.717, 1.165) is 24.4 Å². The molecular weight excluding hydrogens is 210 g/mol. The van der Waals surface area contributed by atoms with Crippen LogP contribution in [0.25, 0.3) is 0 Å². The Morgan fingerprint density at radius 1 is 1.73 bits per heavy atom. The maximum Gasteiger partial charge on any atom is 0.251 e. The number of rotatable bonds is 6. The molecule has 0 aromatic carbocycles. The molecule has 0 atom stereocenters. The van der Waals surface area contributed by atoms with Gasteiger partial charge in [0, 0.05) is 24.6 Å². The summed E-state index contributed by atoms with van der Waals surface area (Å²) in [6.07, 6.45) is 1.51. The molecule has 0 aliphatic rings. The molecule has 4 nitrogen and oxygen atoms in total. The van der Waals surface area contributed by atoms with Crippen molar-refractivity contribution in [3.05, 3.63) is 34.8 Å². The lowest BCUT2D eigenvalue weighted by Crippen LogP contribution is -2.16. The van der Waals surface area contributed by atoms with Crippen LogP contribution in [-0.2, 0) is 0 Å². The van der Waals surface area contributed by atoms with Gasteiger partial charge in [-0.15, -0.1) is 0 Å². The van der Waals surface area contributed by atoms with E-state index >= 15 is 0 Å². The molecule has 2 N–H and O–H groups in total. The summed E-state index contributed by atoms with van der Waals surface area (Å²) in [5.74, 6) is 0.764. The zero-order chi connectivity index (χ0) is 11.1. The molecule has 0 amide bonds. The zero-order valence-corrected chi connectivity index (χ0v) is 9.56. The Balaban J connectivity index is 2.37. The fourth-order valence-electron chi connectivity index (χ4n) is 0.949. The first-order valence-electron chi connectivity index (χ1n) is 4.78. The monoisotopic (exact) mass is 225 g/mol. The average molecular weight is 225 g/mol. The van der Waals surface area contributed by atoms with Crippen LogP contribution in [0.15, 0.2) is 34.4 Å². The molecule has 1 rings (SSSR count). The molecule has 82 valence electrons. The van der Waals surface area contributed by atoms with Crippen LogP contribution in [0.2, 0.25) is 0 Å². The lowest BCUT2D eigenvalue weighted by atomic mass is 10.3. The predicted octanol–water partition coefficient (Wildman–Crippen LogP) is 1.03. The van der Waals surface area contributed by atoms with Crippen LogP contribution in [0, 0.1) is 0 Å². The van der Waals surface area contributed by atoms with E-state index in [1.165, 1.54) is 24.0 Å². The topological polar surface area (TPSA) is 57.8 Å². The highest BCUT2D eigenvalue weighted by Crippen LogP contribution is 2.12. The second-order valence-corrected chi connectivity index (χ2v) is 4.02. The predicted molar refractivity (Wildman–Crippen MR) is 63.3 cm³/mol. The van der Waals surface area contributed by atoms with Crippen LogP contribution in [-0.4, -0.2) is 28.8 Å². The van der Waals surface area contributed by atoms with Crippen molar-refractivity contribution < 1.29 is 0 Å². The van der Waals surface area contributed by atoms with E-state index < -0.39 is 0 Å². The van der Waals surface area contributed by atoms with Gasteiger partial charge in [-0.05, 0) is 6.54 Å². The Morgan fingerprint density at radius 3 is 3.20 bits per heavy atom. The fourth-order valence-corrected chi connectivity index (χ4v) is 1.70. The van der Waals surface area contributed by atoms with Crippen molar-refractivity contribution in [3.63, 3.8) is 0 Å². The lowest BCUT2D eigenvalue weighted by Gasteiger charge is -2.04. The van der Waals surface area contributed by atoms with Crippen LogP contribution in [0.1, 0.15) is 6.92 Å². The van der Waals surface area contributed by atoms with E-state index in [0.29, 0.717) is 5.16 Å². The highest BCUT2D eigenvalue weighted by molar-refractivity contribution is 7.99. The third-order valence-corrected chi connectivity index (χ3v) is 2.72. The second-order valence-electron chi connectivity index (χ2n) is 3.06. The van der Waals surface area contributed by atoms with E-state index in [4.69, 9.17) is 0 Å². The molecule has 1 aromatic heterocycles. The Hall–Kier alpha value is -1.07. The molecule has 0 saturated carbocycles. The average Bonchev–Trinajstić information content (AvgIpc) is 2.23. The summed E-state index contributed by atoms with van der Waals surface area (Å²) >= 11 is 1.49. The van der Waals surface area contributed by atoms with E-state index in [1.54, 1.807) is 0 Å². The highest BCUT2D eigenvalue weighted by atomic mass is 32.2. The number of likely N-dealkylation sites (N-methyl/N-ethyl adjacent to an activating group) is 1. The van der Waals surface area contributed by atoms with Crippen LogP contribution >= 0.6 is 11.8 Å². The maximum atomic E-state index is 11.0. The largest absolute Gasteiger partial charge is 0.313 e. The van der Waals surface area contributed by atoms with Crippen LogP contribution in [0.3, 0.4) is 0 Å². The Bertz CT molecular complexity index is 375. The van der Waals surface area contributed by atoms with E-state index in [2.05, 4.69) is 28.8 Å². The van der Waals surface area contributed by atoms with Crippen molar-refractivity contribution in [2.24, 2.45) is 0 Å². The molecule has 0 fully saturated rings. The molecule has 15 heavy (non-hydrogen) atoms. The molecule has 5 heteroatoms. The fraction of sp³-hybridized carbons (Fsp3) is 0.400. The van der Waals surface area contributed by atoms with Gasteiger partial charge in [-0.1, -0.05) is 30.8 Å². The smallest absolute Gasteiger partial charge is 0.251 e. The van der Waals surface area contributed by atoms with Gasteiger partial charge in [0.05, 0.1) is 0 Å². The summed E-state index contributed by atoms with van der Waals surface area (Å²) in [6.45, 7) is 7.72. The van der Waals surface area contributed by atoms with Crippen molar-refractivity contribution in [1.82, 2.24) is 15.3 Å². The summed E-state index contributed by atoms with van der Waals surface area (Å²) in [5, 5.41) is 3.83. The molecular formula is C10H15N3OS. The van der Waals surface area contributed by atoms with Gasteiger partial charge in [0.15, 0.2) is 5.16 Å². The van der Waals surface area contributed by atoms with Crippen LogP contribution in [0.5, 0.6) is 0 Å². The summed E-state index contributed by atoms with van der Waals surface area (Å²) in [5.41, 5.74) is 0.971. The third-order valence-electron chi connectivity index (χ3n) is 1.69. The van der Waals surface area contributed by atoms with Gasteiger partial charge in [0.25, 0.3) is 5.56 Å². The minimum atomic E-state index is -0.121. The molecule has 1 heterocycles. The van der Waals surface area contributed by atoms with Gasteiger partial charge in [-0.2, -0.15) is 0 Å². The zero-order valence-electron chi connectivity index (χ0n) is 8.75. The van der Waals surface area contributed by atoms with Gasteiger partial charge in [-0.25, -0.2) is 4.98 Å². The minimum Gasteiger partial charge on any atom is -0.313 e. The quantitative estimate of drug-likeness (QED) is 0.431. The molecule has 0 unspecified atom stereocenters. The molecule has 1 aromatic rings. The number of hydrogen-bond donors (Lipinski definition) is 2. The standard InChI is InChI=1S/C10H15N3OS/c1-3-11-6-8(2)7-15-10-12-5-4-9(14)13-10/h4-5,11H,2-3,6-7H2,1H3,(H,12,13,14). The normalized spacial score (nSPS) is 10.2.